The normalized spacial score (nSPS) is 20.6. The second kappa shape index (κ2) is 6.75. The van der Waals surface area contributed by atoms with E-state index in [1.165, 1.54) is 10.9 Å². The second-order valence-electron chi connectivity index (χ2n) is 5.20. The summed E-state index contributed by atoms with van der Waals surface area (Å²) in [4.78, 5) is 0. The molecular weight excluding hydrogens is 286 g/mol. The predicted molar refractivity (Wildman–Crippen MR) is 85.9 cm³/mol. The minimum atomic E-state index is 0.0308. The third-order valence-corrected chi connectivity index (χ3v) is 4.21. The Morgan fingerprint density at radius 2 is 2.00 bits per heavy atom. The third-order valence-electron chi connectivity index (χ3n) is 3.88. The summed E-state index contributed by atoms with van der Waals surface area (Å²) in [6.07, 6.45) is 0.0308. The lowest BCUT2D eigenvalue weighted by Crippen LogP contribution is -2.40. The van der Waals surface area contributed by atoms with Gasteiger partial charge in [-0.15, -0.1) is 0 Å². The van der Waals surface area contributed by atoms with E-state index in [9.17, 15) is 0 Å². The SMILES string of the molecule is CCNC(c1ccc(Cl)c2ccccc12)C1COCCO1. The maximum Gasteiger partial charge on any atom is 0.100 e. The molecule has 3 nitrogen and oxygen atoms in total. The third kappa shape index (κ3) is 3.06. The summed E-state index contributed by atoms with van der Waals surface area (Å²) >= 11 is 6.32. The Bertz CT molecular complexity index is 611. The van der Waals surface area contributed by atoms with Crippen molar-refractivity contribution in [1.29, 1.82) is 0 Å². The molecule has 1 aliphatic heterocycles. The van der Waals surface area contributed by atoms with E-state index in [2.05, 4.69) is 30.4 Å². The van der Waals surface area contributed by atoms with Gasteiger partial charge in [0.05, 0.1) is 25.9 Å². The van der Waals surface area contributed by atoms with Crippen LogP contribution in [0, 0.1) is 0 Å². The van der Waals surface area contributed by atoms with Crippen molar-refractivity contribution in [2.24, 2.45) is 0 Å². The zero-order chi connectivity index (χ0) is 14.7. The maximum atomic E-state index is 6.32. The van der Waals surface area contributed by atoms with Crippen LogP contribution in [-0.2, 0) is 9.47 Å². The first-order valence-electron chi connectivity index (χ1n) is 7.41. The van der Waals surface area contributed by atoms with Crippen LogP contribution in [0.15, 0.2) is 36.4 Å². The molecule has 0 saturated carbocycles. The Hall–Kier alpha value is -1.13. The van der Waals surface area contributed by atoms with Crippen LogP contribution in [0.3, 0.4) is 0 Å². The van der Waals surface area contributed by atoms with E-state index < -0.39 is 0 Å². The number of nitrogens with one attached hydrogen (secondary N) is 1. The summed E-state index contributed by atoms with van der Waals surface area (Å²) < 4.78 is 11.5. The Morgan fingerprint density at radius 3 is 2.71 bits per heavy atom. The molecule has 1 saturated heterocycles. The van der Waals surface area contributed by atoms with Crippen LogP contribution >= 0.6 is 11.6 Å². The zero-order valence-corrected chi connectivity index (χ0v) is 12.9. The van der Waals surface area contributed by atoms with E-state index >= 15 is 0 Å². The summed E-state index contributed by atoms with van der Waals surface area (Å²) in [6.45, 7) is 4.93. The fraction of sp³-hybridized carbons (Fsp3) is 0.412. The number of hydrogen-bond donors (Lipinski definition) is 1. The number of ether oxygens (including phenoxy) is 2. The molecule has 2 aromatic carbocycles. The fourth-order valence-corrected chi connectivity index (χ4v) is 3.14. The highest BCUT2D eigenvalue weighted by Crippen LogP contribution is 2.32. The largest absolute Gasteiger partial charge is 0.376 e. The smallest absolute Gasteiger partial charge is 0.100 e. The molecule has 1 heterocycles. The van der Waals surface area contributed by atoms with Gasteiger partial charge in [-0.3, -0.25) is 0 Å². The van der Waals surface area contributed by atoms with Crippen LogP contribution in [0.1, 0.15) is 18.5 Å². The van der Waals surface area contributed by atoms with Gasteiger partial charge in [0, 0.05) is 10.4 Å². The van der Waals surface area contributed by atoms with Crippen LogP contribution in [0.2, 0.25) is 5.02 Å². The van der Waals surface area contributed by atoms with Crippen molar-refractivity contribution in [1.82, 2.24) is 5.32 Å². The van der Waals surface area contributed by atoms with Crippen molar-refractivity contribution in [3.63, 3.8) is 0 Å². The van der Waals surface area contributed by atoms with Gasteiger partial charge in [0.15, 0.2) is 0 Å². The number of hydrogen-bond acceptors (Lipinski definition) is 3. The van der Waals surface area contributed by atoms with Crippen molar-refractivity contribution in [3.8, 4) is 0 Å². The monoisotopic (exact) mass is 305 g/mol. The molecular formula is C17H20ClNO2. The van der Waals surface area contributed by atoms with Crippen LogP contribution < -0.4 is 5.32 Å². The topological polar surface area (TPSA) is 30.5 Å². The summed E-state index contributed by atoms with van der Waals surface area (Å²) in [7, 11) is 0. The van der Waals surface area contributed by atoms with Crippen molar-refractivity contribution in [3.05, 3.63) is 47.0 Å². The number of rotatable bonds is 4. The highest BCUT2D eigenvalue weighted by atomic mass is 35.5. The molecule has 21 heavy (non-hydrogen) atoms. The molecule has 0 aromatic heterocycles. The molecule has 0 spiro atoms. The molecule has 1 fully saturated rings. The van der Waals surface area contributed by atoms with Crippen molar-refractivity contribution in [2.45, 2.75) is 19.1 Å². The van der Waals surface area contributed by atoms with E-state index in [1.54, 1.807) is 0 Å². The lowest BCUT2D eigenvalue weighted by Gasteiger charge is -2.32. The standard InChI is InChI=1S/C17H20ClNO2/c1-2-19-17(16-11-20-9-10-21-16)14-7-8-15(18)13-6-4-3-5-12(13)14/h3-8,16-17,19H,2,9-11H2,1H3. The van der Waals surface area contributed by atoms with Crippen molar-refractivity contribution in [2.75, 3.05) is 26.4 Å². The van der Waals surface area contributed by atoms with Crippen molar-refractivity contribution < 1.29 is 9.47 Å². The Kier molecular flexibility index (Phi) is 4.76. The van der Waals surface area contributed by atoms with E-state index in [1.807, 2.05) is 18.2 Å². The zero-order valence-electron chi connectivity index (χ0n) is 12.1. The van der Waals surface area contributed by atoms with Gasteiger partial charge in [0.2, 0.25) is 0 Å². The summed E-state index contributed by atoms with van der Waals surface area (Å²) in [5.41, 5.74) is 1.22. The average molecular weight is 306 g/mol. The lowest BCUT2D eigenvalue weighted by atomic mass is 9.95. The van der Waals surface area contributed by atoms with E-state index in [0.29, 0.717) is 19.8 Å². The van der Waals surface area contributed by atoms with Crippen LogP contribution in [0.4, 0.5) is 0 Å². The van der Waals surface area contributed by atoms with Gasteiger partial charge in [-0.05, 0) is 23.6 Å². The van der Waals surface area contributed by atoms with Crippen LogP contribution in [0.5, 0.6) is 0 Å². The summed E-state index contributed by atoms with van der Waals surface area (Å²) in [5.74, 6) is 0. The molecule has 4 heteroatoms. The number of halogens is 1. The van der Waals surface area contributed by atoms with Gasteiger partial charge >= 0.3 is 0 Å². The summed E-state index contributed by atoms with van der Waals surface area (Å²) in [5, 5.41) is 6.57. The minimum absolute atomic E-state index is 0.0308. The Balaban J connectivity index is 2.04. The minimum Gasteiger partial charge on any atom is -0.376 e. The molecule has 0 bridgehead atoms. The lowest BCUT2D eigenvalue weighted by molar-refractivity contribution is -0.102. The molecule has 2 atom stereocenters. The van der Waals surface area contributed by atoms with E-state index in [-0.39, 0.29) is 12.1 Å². The first-order valence-corrected chi connectivity index (χ1v) is 7.79. The van der Waals surface area contributed by atoms with E-state index in [0.717, 1.165) is 17.0 Å². The van der Waals surface area contributed by atoms with Crippen molar-refractivity contribution >= 4 is 22.4 Å². The van der Waals surface area contributed by atoms with Crippen LogP contribution in [-0.4, -0.2) is 32.5 Å². The molecule has 1 N–H and O–H groups in total. The molecule has 0 amide bonds. The molecule has 3 rings (SSSR count). The predicted octanol–water partition coefficient (Wildman–Crippen LogP) is 3.56. The fourth-order valence-electron chi connectivity index (χ4n) is 2.92. The van der Waals surface area contributed by atoms with Gasteiger partial charge in [0.1, 0.15) is 6.10 Å². The maximum absolute atomic E-state index is 6.32. The highest BCUT2D eigenvalue weighted by Gasteiger charge is 2.27. The number of likely N-dealkylation sites (N-methyl/N-ethyl adjacent to an activating group) is 1. The molecule has 2 aromatic rings. The number of benzene rings is 2. The quantitative estimate of drug-likeness (QED) is 0.937. The second-order valence-corrected chi connectivity index (χ2v) is 5.61. The molecule has 112 valence electrons. The first-order chi connectivity index (χ1) is 10.3. The Labute approximate surface area is 130 Å². The first kappa shape index (κ1) is 14.8. The molecule has 0 aliphatic carbocycles. The molecule has 0 radical (unpaired) electrons. The van der Waals surface area contributed by atoms with Gasteiger partial charge < -0.3 is 14.8 Å². The summed E-state index contributed by atoms with van der Waals surface area (Å²) in [6, 6.07) is 12.4. The average Bonchev–Trinajstić information content (AvgIpc) is 2.55. The number of fused-ring (bicyclic) bond motifs is 1. The molecule has 1 aliphatic rings. The van der Waals surface area contributed by atoms with Gasteiger partial charge in [0.25, 0.3) is 0 Å². The van der Waals surface area contributed by atoms with Crippen LogP contribution in [0.25, 0.3) is 10.8 Å². The molecule has 2 unspecified atom stereocenters. The van der Waals surface area contributed by atoms with Gasteiger partial charge in [-0.2, -0.15) is 0 Å². The Morgan fingerprint density at radius 1 is 1.19 bits per heavy atom. The van der Waals surface area contributed by atoms with Gasteiger partial charge in [-0.1, -0.05) is 48.9 Å². The van der Waals surface area contributed by atoms with Gasteiger partial charge in [-0.25, -0.2) is 0 Å². The highest BCUT2D eigenvalue weighted by molar-refractivity contribution is 6.35. The van der Waals surface area contributed by atoms with E-state index in [4.69, 9.17) is 21.1 Å².